The van der Waals surface area contributed by atoms with Crippen molar-refractivity contribution < 1.29 is 8.42 Å². The van der Waals surface area contributed by atoms with Gasteiger partial charge in [0.25, 0.3) is 0 Å². The van der Waals surface area contributed by atoms with E-state index in [0.29, 0.717) is 17.3 Å². The van der Waals surface area contributed by atoms with E-state index in [1.165, 1.54) is 18.2 Å². The van der Waals surface area contributed by atoms with E-state index < -0.39 is 10.0 Å². The standard InChI is InChI=1S/C11H11Cl2N3O2S/c12-8-1-2-9(13)10(7-8)19(17,18)16-4-3-11-14-5-6-15-11/h1-2,5-7,16H,3-4H2,(H,14,15). The third-order valence-corrected chi connectivity index (χ3v) is 4.57. The van der Waals surface area contributed by atoms with Gasteiger partial charge in [-0.25, -0.2) is 18.1 Å². The molecule has 0 bridgehead atoms. The highest BCUT2D eigenvalue weighted by atomic mass is 35.5. The Hall–Kier alpha value is -1.08. The van der Waals surface area contributed by atoms with Gasteiger partial charge in [0.15, 0.2) is 0 Å². The fourth-order valence-corrected chi connectivity index (χ4v) is 3.29. The van der Waals surface area contributed by atoms with E-state index in [4.69, 9.17) is 23.2 Å². The lowest BCUT2D eigenvalue weighted by atomic mass is 10.4. The van der Waals surface area contributed by atoms with Gasteiger partial charge in [-0.1, -0.05) is 23.2 Å². The molecule has 0 unspecified atom stereocenters. The molecule has 8 heteroatoms. The summed E-state index contributed by atoms with van der Waals surface area (Å²) in [7, 11) is -3.67. The maximum atomic E-state index is 12.0. The highest BCUT2D eigenvalue weighted by Crippen LogP contribution is 2.24. The van der Waals surface area contributed by atoms with E-state index in [1.54, 1.807) is 12.4 Å². The molecule has 19 heavy (non-hydrogen) atoms. The molecular formula is C11H11Cl2N3O2S. The van der Waals surface area contributed by atoms with Crippen LogP contribution in [0.25, 0.3) is 0 Å². The zero-order valence-electron chi connectivity index (χ0n) is 9.73. The minimum Gasteiger partial charge on any atom is -0.349 e. The Morgan fingerprint density at radius 2 is 2.11 bits per heavy atom. The molecule has 0 aliphatic carbocycles. The van der Waals surface area contributed by atoms with Crippen molar-refractivity contribution in [3.63, 3.8) is 0 Å². The van der Waals surface area contributed by atoms with Crippen molar-refractivity contribution in [2.75, 3.05) is 6.54 Å². The normalized spacial score (nSPS) is 11.7. The summed E-state index contributed by atoms with van der Waals surface area (Å²) in [6.45, 7) is 0.221. The average molecular weight is 320 g/mol. The van der Waals surface area contributed by atoms with Gasteiger partial charge in [0.2, 0.25) is 10.0 Å². The highest BCUT2D eigenvalue weighted by Gasteiger charge is 2.17. The Morgan fingerprint density at radius 1 is 1.32 bits per heavy atom. The highest BCUT2D eigenvalue weighted by molar-refractivity contribution is 7.89. The first-order chi connectivity index (χ1) is 8.99. The van der Waals surface area contributed by atoms with Crippen LogP contribution < -0.4 is 4.72 Å². The number of imidazole rings is 1. The lowest BCUT2D eigenvalue weighted by Crippen LogP contribution is -2.26. The van der Waals surface area contributed by atoms with Crippen LogP contribution in [0.4, 0.5) is 0 Å². The van der Waals surface area contributed by atoms with E-state index in [2.05, 4.69) is 14.7 Å². The summed E-state index contributed by atoms with van der Waals surface area (Å²) >= 11 is 11.6. The van der Waals surface area contributed by atoms with Crippen LogP contribution in [-0.4, -0.2) is 24.9 Å². The number of hydrogen-bond acceptors (Lipinski definition) is 3. The molecule has 0 aliphatic rings. The molecule has 0 aliphatic heterocycles. The van der Waals surface area contributed by atoms with E-state index in [1.807, 2.05) is 0 Å². The number of benzene rings is 1. The smallest absolute Gasteiger partial charge is 0.242 e. The summed E-state index contributed by atoms with van der Waals surface area (Å²) in [5.41, 5.74) is 0. The summed E-state index contributed by atoms with van der Waals surface area (Å²) in [5, 5.41) is 0.450. The molecule has 2 aromatic rings. The Balaban J connectivity index is 2.07. The predicted molar refractivity (Wildman–Crippen MR) is 73.9 cm³/mol. The van der Waals surface area contributed by atoms with Gasteiger partial charge in [0, 0.05) is 30.4 Å². The molecule has 0 fully saturated rings. The molecule has 2 N–H and O–H groups in total. The number of halogens is 2. The van der Waals surface area contributed by atoms with Gasteiger partial charge in [-0.15, -0.1) is 0 Å². The van der Waals surface area contributed by atoms with Crippen LogP contribution in [0.2, 0.25) is 10.0 Å². The van der Waals surface area contributed by atoms with Crippen molar-refractivity contribution in [1.82, 2.24) is 14.7 Å². The number of nitrogens with one attached hydrogen (secondary N) is 2. The van der Waals surface area contributed by atoms with E-state index in [0.717, 1.165) is 0 Å². The zero-order chi connectivity index (χ0) is 13.9. The second-order valence-corrected chi connectivity index (χ2v) is 6.34. The van der Waals surface area contributed by atoms with Crippen molar-refractivity contribution in [2.45, 2.75) is 11.3 Å². The predicted octanol–water partition coefficient (Wildman–Crippen LogP) is 2.24. The summed E-state index contributed by atoms with van der Waals surface area (Å²) in [4.78, 5) is 6.87. The Morgan fingerprint density at radius 3 is 2.79 bits per heavy atom. The third-order valence-electron chi connectivity index (χ3n) is 2.39. The number of aromatic nitrogens is 2. The number of aromatic amines is 1. The Kier molecular flexibility index (Phi) is 4.46. The zero-order valence-corrected chi connectivity index (χ0v) is 12.1. The summed E-state index contributed by atoms with van der Waals surface area (Å²) in [6, 6.07) is 4.30. The summed E-state index contributed by atoms with van der Waals surface area (Å²) in [5.74, 6) is 0.708. The molecule has 2 rings (SSSR count). The molecule has 0 amide bonds. The van der Waals surface area contributed by atoms with Crippen LogP contribution in [0.3, 0.4) is 0 Å². The number of hydrogen-bond donors (Lipinski definition) is 2. The molecule has 0 radical (unpaired) electrons. The van der Waals surface area contributed by atoms with Gasteiger partial charge in [-0.2, -0.15) is 0 Å². The molecule has 1 heterocycles. The fraction of sp³-hybridized carbons (Fsp3) is 0.182. The summed E-state index contributed by atoms with van der Waals surface area (Å²) < 4.78 is 26.5. The first kappa shape index (κ1) is 14.3. The van der Waals surface area contributed by atoms with Gasteiger partial charge in [0.05, 0.1) is 5.02 Å². The minimum atomic E-state index is -3.67. The Labute approximate surface area is 121 Å². The van der Waals surface area contributed by atoms with Gasteiger partial charge in [-0.05, 0) is 18.2 Å². The maximum absolute atomic E-state index is 12.0. The maximum Gasteiger partial charge on any atom is 0.242 e. The second kappa shape index (κ2) is 5.92. The second-order valence-electron chi connectivity index (χ2n) is 3.76. The average Bonchev–Trinajstić information content (AvgIpc) is 2.85. The van der Waals surface area contributed by atoms with E-state index in [-0.39, 0.29) is 16.5 Å². The lowest BCUT2D eigenvalue weighted by Gasteiger charge is -2.08. The van der Waals surface area contributed by atoms with Crippen LogP contribution in [0.15, 0.2) is 35.5 Å². The van der Waals surface area contributed by atoms with Gasteiger partial charge in [0.1, 0.15) is 10.7 Å². The number of sulfonamides is 1. The molecule has 0 saturated heterocycles. The Bertz CT molecular complexity index is 657. The first-order valence-corrected chi connectivity index (χ1v) is 7.66. The third kappa shape index (κ3) is 3.70. The van der Waals surface area contributed by atoms with Crippen LogP contribution in [0.1, 0.15) is 5.82 Å². The van der Waals surface area contributed by atoms with Gasteiger partial charge >= 0.3 is 0 Å². The molecule has 0 spiro atoms. The van der Waals surface area contributed by atoms with Crippen molar-refractivity contribution >= 4 is 33.2 Å². The van der Waals surface area contributed by atoms with Crippen LogP contribution in [0, 0.1) is 0 Å². The van der Waals surface area contributed by atoms with Crippen molar-refractivity contribution in [3.8, 4) is 0 Å². The van der Waals surface area contributed by atoms with Gasteiger partial charge < -0.3 is 4.98 Å². The van der Waals surface area contributed by atoms with Crippen LogP contribution in [0.5, 0.6) is 0 Å². The van der Waals surface area contributed by atoms with Crippen molar-refractivity contribution in [3.05, 3.63) is 46.5 Å². The molecule has 1 aromatic heterocycles. The molecular weight excluding hydrogens is 309 g/mol. The SMILES string of the molecule is O=S(=O)(NCCc1ncc[nH]1)c1cc(Cl)ccc1Cl. The largest absolute Gasteiger partial charge is 0.349 e. The first-order valence-electron chi connectivity index (χ1n) is 5.42. The van der Waals surface area contributed by atoms with Crippen molar-refractivity contribution in [1.29, 1.82) is 0 Å². The minimum absolute atomic E-state index is 0.0267. The summed E-state index contributed by atoms with van der Waals surface area (Å²) in [6.07, 6.45) is 3.75. The monoisotopic (exact) mass is 319 g/mol. The topological polar surface area (TPSA) is 74.8 Å². The molecule has 0 saturated carbocycles. The number of nitrogens with zero attached hydrogens (tertiary/aromatic N) is 1. The molecule has 102 valence electrons. The fourth-order valence-electron chi connectivity index (χ4n) is 1.50. The van der Waals surface area contributed by atoms with Gasteiger partial charge in [-0.3, -0.25) is 0 Å². The molecule has 0 atom stereocenters. The number of rotatable bonds is 5. The van der Waals surface area contributed by atoms with E-state index >= 15 is 0 Å². The van der Waals surface area contributed by atoms with E-state index in [9.17, 15) is 8.42 Å². The van der Waals surface area contributed by atoms with Crippen molar-refractivity contribution in [2.24, 2.45) is 0 Å². The quantitative estimate of drug-likeness (QED) is 0.887. The molecule has 5 nitrogen and oxygen atoms in total. The molecule has 1 aromatic carbocycles. The lowest BCUT2D eigenvalue weighted by molar-refractivity contribution is 0.581. The van der Waals surface area contributed by atoms with Crippen LogP contribution in [-0.2, 0) is 16.4 Å². The number of H-pyrrole nitrogens is 1. The van der Waals surface area contributed by atoms with Crippen LogP contribution >= 0.6 is 23.2 Å².